The van der Waals surface area contributed by atoms with Crippen molar-refractivity contribution in [2.24, 2.45) is 0 Å². The third-order valence-corrected chi connectivity index (χ3v) is 5.86. The second-order valence-electron chi connectivity index (χ2n) is 7.26. The number of aromatic nitrogens is 2. The monoisotopic (exact) mass is 436 g/mol. The third-order valence-electron chi connectivity index (χ3n) is 4.86. The van der Waals surface area contributed by atoms with E-state index in [1.165, 1.54) is 18.3 Å². The van der Waals surface area contributed by atoms with Crippen LogP contribution >= 0.6 is 11.3 Å². The maximum Gasteiger partial charge on any atom is 0.308 e. The Morgan fingerprint density at radius 1 is 1.10 bits per heavy atom. The molecule has 2 amide bonds. The first-order chi connectivity index (χ1) is 14.9. The summed E-state index contributed by atoms with van der Waals surface area (Å²) in [6, 6.07) is 14.1. The van der Waals surface area contributed by atoms with Crippen molar-refractivity contribution in [1.82, 2.24) is 10.2 Å². The highest BCUT2D eigenvalue weighted by molar-refractivity contribution is 7.15. The van der Waals surface area contributed by atoms with E-state index < -0.39 is 5.97 Å². The molecular weight excluding hydrogens is 416 g/mol. The molecular formula is C22H20N4O4S. The van der Waals surface area contributed by atoms with Crippen molar-refractivity contribution in [2.45, 2.75) is 26.2 Å². The van der Waals surface area contributed by atoms with Crippen LogP contribution in [0.5, 0.6) is 5.75 Å². The first-order valence-corrected chi connectivity index (χ1v) is 10.5. The van der Waals surface area contributed by atoms with E-state index in [2.05, 4.69) is 15.5 Å². The predicted octanol–water partition coefficient (Wildman–Crippen LogP) is 3.54. The molecule has 0 spiro atoms. The van der Waals surface area contributed by atoms with Crippen LogP contribution in [-0.2, 0) is 9.59 Å². The van der Waals surface area contributed by atoms with Crippen molar-refractivity contribution in [1.29, 1.82) is 0 Å². The number of carbonyl (C=O) groups excluding carboxylic acids is 3. The van der Waals surface area contributed by atoms with Crippen LogP contribution in [0.2, 0.25) is 0 Å². The topological polar surface area (TPSA) is 101 Å². The molecule has 4 rings (SSSR count). The van der Waals surface area contributed by atoms with Crippen LogP contribution in [0.4, 0.5) is 10.8 Å². The van der Waals surface area contributed by atoms with Gasteiger partial charge in [-0.1, -0.05) is 29.0 Å². The lowest BCUT2D eigenvalue weighted by molar-refractivity contribution is -0.131. The van der Waals surface area contributed by atoms with E-state index in [4.69, 9.17) is 4.74 Å². The number of carbonyl (C=O) groups is 3. The fourth-order valence-electron chi connectivity index (χ4n) is 3.31. The van der Waals surface area contributed by atoms with E-state index in [0.29, 0.717) is 34.4 Å². The van der Waals surface area contributed by atoms with Crippen LogP contribution in [-0.4, -0.2) is 34.5 Å². The summed E-state index contributed by atoms with van der Waals surface area (Å²) in [7, 11) is 0. The predicted molar refractivity (Wildman–Crippen MR) is 117 cm³/mol. The van der Waals surface area contributed by atoms with Crippen LogP contribution in [0.25, 0.3) is 0 Å². The lowest BCUT2D eigenvalue weighted by atomic mass is 10.1. The first kappa shape index (κ1) is 20.7. The average molecular weight is 436 g/mol. The van der Waals surface area contributed by atoms with Crippen molar-refractivity contribution in [3.05, 3.63) is 64.7 Å². The van der Waals surface area contributed by atoms with Gasteiger partial charge in [0.25, 0.3) is 5.91 Å². The second kappa shape index (κ2) is 8.65. The number of amides is 2. The number of aryl methyl sites for hydroxylation is 1. The Morgan fingerprint density at radius 3 is 2.48 bits per heavy atom. The lowest BCUT2D eigenvalue weighted by Gasteiger charge is -2.16. The summed E-state index contributed by atoms with van der Waals surface area (Å²) in [5.41, 5.74) is 2.40. The minimum atomic E-state index is -0.426. The van der Waals surface area contributed by atoms with Crippen LogP contribution in [0.3, 0.4) is 0 Å². The van der Waals surface area contributed by atoms with Gasteiger partial charge in [0.05, 0.1) is 0 Å². The summed E-state index contributed by atoms with van der Waals surface area (Å²) in [6.45, 7) is 3.84. The minimum absolute atomic E-state index is 0.0440. The molecule has 158 valence electrons. The molecule has 0 bridgehead atoms. The van der Waals surface area contributed by atoms with Gasteiger partial charge in [-0.2, -0.15) is 0 Å². The molecule has 1 N–H and O–H groups in total. The number of rotatable bonds is 5. The molecule has 31 heavy (non-hydrogen) atoms. The number of hydrogen-bond acceptors (Lipinski definition) is 7. The molecule has 1 aromatic heterocycles. The zero-order valence-corrected chi connectivity index (χ0v) is 17.8. The zero-order valence-electron chi connectivity index (χ0n) is 17.0. The standard InChI is InChI=1S/C22H20N4O4S/c1-13-3-7-17(8-4-13)26-12-16(11-19(26)28)21-24-25-22(31-21)23-20(29)15-5-9-18(10-6-15)30-14(2)27/h3-10,16H,11-12H2,1-2H3,(H,23,25,29). The molecule has 8 nitrogen and oxygen atoms in total. The van der Waals surface area contributed by atoms with Crippen molar-refractivity contribution in [2.75, 3.05) is 16.8 Å². The molecule has 0 aliphatic carbocycles. The highest BCUT2D eigenvalue weighted by Gasteiger charge is 2.34. The number of nitrogens with one attached hydrogen (secondary N) is 1. The fourth-order valence-corrected chi connectivity index (χ4v) is 4.14. The average Bonchev–Trinajstić information content (AvgIpc) is 3.35. The largest absolute Gasteiger partial charge is 0.427 e. The molecule has 0 saturated carbocycles. The van der Waals surface area contributed by atoms with Crippen molar-refractivity contribution in [3.63, 3.8) is 0 Å². The number of ether oxygens (including phenoxy) is 1. The van der Waals surface area contributed by atoms with Gasteiger partial charge in [0.1, 0.15) is 10.8 Å². The Morgan fingerprint density at radius 2 is 1.81 bits per heavy atom. The van der Waals surface area contributed by atoms with E-state index in [1.54, 1.807) is 29.2 Å². The maximum atomic E-state index is 12.5. The normalized spacial score (nSPS) is 15.7. The zero-order chi connectivity index (χ0) is 22.0. The first-order valence-electron chi connectivity index (χ1n) is 9.69. The molecule has 1 atom stereocenters. The Kier molecular flexibility index (Phi) is 5.77. The van der Waals surface area contributed by atoms with Crippen molar-refractivity contribution < 1.29 is 19.1 Å². The van der Waals surface area contributed by atoms with Crippen molar-refractivity contribution in [3.8, 4) is 5.75 Å². The van der Waals surface area contributed by atoms with E-state index in [1.807, 2.05) is 31.2 Å². The Bertz CT molecular complexity index is 1130. The van der Waals surface area contributed by atoms with Gasteiger partial charge in [-0.05, 0) is 43.3 Å². The molecule has 9 heteroatoms. The quantitative estimate of drug-likeness (QED) is 0.485. The van der Waals surface area contributed by atoms with Gasteiger partial charge in [0, 0.05) is 37.1 Å². The van der Waals surface area contributed by atoms with E-state index in [0.717, 1.165) is 11.3 Å². The highest BCUT2D eigenvalue weighted by Crippen LogP contribution is 2.34. The Labute approximate surface area is 182 Å². The molecule has 2 heterocycles. The summed E-state index contributed by atoms with van der Waals surface area (Å²) in [6.07, 6.45) is 0.355. The van der Waals surface area contributed by atoms with Gasteiger partial charge in [-0.25, -0.2) is 0 Å². The summed E-state index contributed by atoms with van der Waals surface area (Å²) in [5, 5.41) is 12.0. The second-order valence-corrected chi connectivity index (χ2v) is 8.27. The van der Waals surface area contributed by atoms with Gasteiger partial charge in [-0.15, -0.1) is 10.2 Å². The molecule has 1 fully saturated rings. The molecule has 1 aliphatic rings. The lowest BCUT2D eigenvalue weighted by Crippen LogP contribution is -2.24. The molecule has 3 aromatic rings. The van der Waals surface area contributed by atoms with Gasteiger partial charge in [0.2, 0.25) is 11.0 Å². The summed E-state index contributed by atoms with van der Waals surface area (Å²) in [4.78, 5) is 37.7. The van der Waals surface area contributed by atoms with E-state index >= 15 is 0 Å². The fraction of sp³-hybridized carbons (Fsp3) is 0.227. The van der Waals surface area contributed by atoms with Gasteiger partial charge >= 0.3 is 5.97 Å². The third kappa shape index (κ3) is 4.77. The SMILES string of the molecule is CC(=O)Oc1ccc(C(=O)Nc2nnc(C3CC(=O)N(c4ccc(C)cc4)C3)s2)cc1. The Hall–Kier alpha value is -3.59. The molecule has 1 aliphatic heterocycles. The number of hydrogen-bond donors (Lipinski definition) is 1. The van der Waals surface area contributed by atoms with Gasteiger partial charge in [0.15, 0.2) is 0 Å². The number of nitrogens with zero attached hydrogens (tertiary/aromatic N) is 3. The minimum Gasteiger partial charge on any atom is -0.427 e. The molecule has 0 radical (unpaired) electrons. The van der Waals surface area contributed by atoms with Crippen LogP contribution in [0.1, 0.15) is 40.2 Å². The van der Waals surface area contributed by atoms with Crippen molar-refractivity contribution >= 4 is 39.9 Å². The summed E-state index contributed by atoms with van der Waals surface area (Å²) >= 11 is 1.26. The van der Waals surface area contributed by atoms with Gasteiger partial charge < -0.3 is 9.64 Å². The number of anilines is 2. The summed E-state index contributed by atoms with van der Waals surface area (Å²) in [5.74, 6) is -0.431. The van der Waals surface area contributed by atoms with Crippen LogP contribution in [0, 0.1) is 6.92 Å². The molecule has 2 aromatic carbocycles. The molecule has 1 saturated heterocycles. The maximum absolute atomic E-state index is 12.5. The van der Waals surface area contributed by atoms with E-state index in [9.17, 15) is 14.4 Å². The van der Waals surface area contributed by atoms with Gasteiger partial charge in [-0.3, -0.25) is 19.7 Å². The number of benzene rings is 2. The van der Waals surface area contributed by atoms with Crippen LogP contribution < -0.4 is 15.0 Å². The number of esters is 1. The summed E-state index contributed by atoms with van der Waals surface area (Å²) < 4.78 is 4.96. The Balaban J connectivity index is 1.40. The highest BCUT2D eigenvalue weighted by atomic mass is 32.1. The van der Waals surface area contributed by atoms with E-state index in [-0.39, 0.29) is 17.7 Å². The van der Waals surface area contributed by atoms with Crippen LogP contribution in [0.15, 0.2) is 48.5 Å². The molecule has 1 unspecified atom stereocenters. The smallest absolute Gasteiger partial charge is 0.308 e.